The van der Waals surface area contributed by atoms with Crippen LogP contribution in [0.5, 0.6) is 11.5 Å². The second-order valence-electron chi connectivity index (χ2n) is 5.88. The number of carbonyl (C=O) groups excluding carboxylic acids is 1. The van der Waals surface area contributed by atoms with E-state index in [0.29, 0.717) is 22.2 Å². The van der Waals surface area contributed by atoms with Gasteiger partial charge in [-0.15, -0.1) is 0 Å². The third-order valence-electron chi connectivity index (χ3n) is 3.24. The Kier molecular flexibility index (Phi) is 10.1. The molecule has 2 rings (SSSR count). The van der Waals surface area contributed by atoms with Crippen molar-refractivity contribution in [2.24, 2.45) is 0 Å². The maximum absolute atomic E-state index is 11.2. The predicted octanol–water partition coefficient (Wildman–Crippen LogP) is 5.10. The number of hydrogen-bond acceptors (Lipinski definition) is 5. The van der Waals surface area contributed by atoms with Gasteiger partial charge < -0.3 is 19.3 Å². The Morgan fingerprint density at radius 1 is 1.07 bits per heavy atom. The van der Waals surface area contributed by atoms with Crippen molar-refractivity contribution in [3.8, 4) is 11.5 Å². The van der Waals surface area contributed by atoms with Gasteiger partial charge in [0.1, 0.15) is 0 Å². The van der Waals surface area contributed by atoms with E-state index in [9.17, 15) is 9.59 Å². The zero-order chi connectivity index (χ0) is 21.8. The van der Waals surface area contributed by atoms with Crippen molar-refractivity contribution < 1.29 is 28.9 Å². The van der Waals surface area contributed by atoms with Crippen molar-refractivity contribution in [2.45, 2.75) is 20.0 Å². The molecule has 0 aliphatic carbocycles. The number of aliphatic carboxylic acids is 1. The van der Waals surface area contributed by atoms with Gasteiger partial charge in [0, 0.05) is 16.8 Å². The summed E-state index contributed by atoms with van der Waals surface area (Å²) >= 11 is 5.74. The second kappa shape index (κ2) is 12.3. The number of amides is 1. The Labute approximate surface area is 174 Å². The number of hydrogen-bond donors (Lipinski definition) is 2. The van der Waals surface area contributed by atoms with Gasteiger partial charge in [-0.25, -0.2) is 9.59 Å². The first kappa shape index (κ1) is 23.8. The molecule has 0 atom stereocenters. The van der Waals surface area contributed by atoms with E-state index in [1.54, 1.807) is 63.4 Å². The molecule has 0 fully saturated rings. The third-order valence-corrected chi connectivity index (χ3v) is 3.47. The van der Waals surface area contributed by atoms with E-state index < -0.39 is 12.1 Å². The number of anilines is 1. The average molecular weight is 422 g/mol. The number of rotatable bonds is 6. The lowest BCUT2D eigenvalue weighted by atomic mass is 10.2. The highest BCUT2D eigenvalue weighted by Gasteiger charge is 2.05. The fraction of sp³-hybridized carbons (Fsp3) is 0.238. The Balaban J connectivity index is 0.000000291. The number of carboxylic acids is 1. The van der Waals surface area contributed by atoms with E-state index in [2.05, 4.69) is 5.32 Å². The summed E-state index contributed by atoms with van der Waals surface area (Å²) in [7, 11) is 3.08. The fourth-order valence-corrected chi connectivity index (χ4v) is 2.24. The van der Waals surface area contributed by atoms with E-state index in [1.807, 2.05) is 0 Å². The lowest BCUT2D eigenvalue weighted by Crippen LogP contribution is -2.17. The number of nitrogens with one attached hydrogen (secondary N) is 1. The summed E-state index contributed by atoms with van der Waals surface area (Å²) in [4.78, 5) is 21.5. The van der Waals surface area contributed by atoms with Crippen molar-refractivity contribution in [1.29, 1.82) is 0 Å². The first-order valence-electron chi connectivity index (χ1n) is 8.61. The molecule has 0 bridgehead atoms. The molecule has 1 amide bonds. The topological polar surface area (TPSA) is 94.1 Å². The van der Waals surface area contributed by atoms with Gasteiger partial charge in [-0.1, -0.05) is 23.7 Å². The van der Waals surface area contributed by atoms with E-state index in [4.69, 9.17) is 30.9 Å². The summed E-state index contributed by atoms with van der Waals surface area (Å²) in [5, 5.41) is 11.6. The van der Waals surface area contributed by atoms with Crippen LogP contribution >= 0.6 is 11.6 Å². The molecular weight excluding hydrogens is 398 g/mol. The number of halogens is 1. The molecule has 0 heterocycles. The summed E-state index contributed by atoms with van der Waals surface area (Å²) in [5.41, 5.74) is 1.37. The first-order valence-corrected chi connectivity index (χ1v) is 8.99. The minimum absolute atomic E-state index is 0.130. The zero-order valence-corrected chi connectivity index (χ0v) is 17.4. The fourth-order valence-electron chi connectivity index (χ4n) is 2.05. The van der Waals surface area contributed by atoms with E-state index >= 15 is 0 Å². The van der Waals surface area contributed by atoms with Gasteiger partial charge in [0.25, 0.3) is 0 Å². The summed E-state index contributed by atoms with van der Waals surface area (Å²) in [6, 6.07) is 12.1. The lowest BCUT2D eigenvalue weighted by molar-refractivity contribution is -0.131. The maximum atomic E-state index is 11.2. The number of methoxy groups -OCH3 is 2. The standard InChI is InChI=1S/C11H12O4.C10H12ClNO2/c1-14-9-5-3-8(4-6-11(12)13)7-10(9)15-2;1-7(2)14-10(13)12-9-5-3-4-8(11)6-9/h3-7H,1-2H3,(H,12,13);3-7H,1-2H3,(H,12,13). The Hall–Kier alpha value is -3.19. The number of ether oxygens (including phenoxy) is 3. The van der Waals surface area contributed by atoms with Crippen molar-refractivity contribution in [3.63, 3.8) is 0 Å². The van der Waals surface area contributed by atoms with Gasteiger partial charge in [-0.3, -0.25) is 5.32 Å². The van der Waals surface area contributed by atoms with Crippen LogP contribution in [0.25, 0.3) is 6.08 Å². The average Bonchev–Trinajstić information content (AvgIpc) is 2.65. The van der Waals surface area contributed by atoms with Crippen molar-refractivity contribution in [2.75, 3.05) is 19.5 Å². The Morgan fingerprint density at radius 3 is 2.31 bits per heavy atom. The largest absolute Gasteiger partial charge is 0.493 e. The van der Waals surface area contributed by atoms with Crippen LogP contribution in [0.15, 0.2) is 48.5 Å². The molecule has 0 aliphatic heterocycles. The minimum atomic E-state index is -0.982. The van der Waals surface area contributed by atoms with Gasteiger partial charge in [-0.2, -0.15) is 0 Å². The molecule has 0 aromatic heterocycles. The first-order chi connectivity index (χ1) is 13.7. The molecule has 156 valence electrons. The molecule has 0 spiro atoms. The monoisotopic (exact) mass is 421 g/mol. The predicted molar refractivity (Wildman–Crippen MR) is 113 cm³/mol. The van der Waals surface area contributed by atoms with Crippen LogP contribution in [0.4, 0.5) is 10.5 Å². The summed E-state index contributed by atoms with van der Waals surface area (Å²) in [5.74, 6) is 0.208. The van der Waals surface area contributed by atoms with Crippen molar-refractivity contribution in [1.82, 2.24) is 0 Å². The number of benzene rings is 2. The zero-order valence-electron chi connectivity index (χ0n) is 16.6. The highest BCUT2D eigenvalue weighted by molar-refractivity contribution is 6.30. The molecule has 0 unspecified atom stereocenters. The maximum Gasteiger partial charge on any atom is 0.411 e. The van der Waals surface area contributed by atoms with Gasteiger partial charge >= 0.3 is 12.1 Å². The van der Waals surface area contributed by atoms with Crippen LogP contribution in [0.3, 0.4) is 0 Å². The molecular formula is C21H24ClNO6. The number of carbonyl (C=O) groups is 2. The van der Waals surface area contributed by atoms with Crippen LogP contribution in [0.2, 0.25) is 5.02 Å². The van der Waals surface area contributed by atoms with E-state index in [1.165, 1.54) is 13.2 Å². The van der Waals surface area contributed by atoms with Crippen LogP contribution < -0.4 is 14.8 Å². The van der Waals surface area contributed by atoms with E-state index in [0.717, 1.165) is 11.6 Å². The molecule has 2 N–H and O–H groups in total. The lowest BCUT2D eigenvalue weighted by Gasteiger charge is -2.09. The molecule has 0 radical (unpaired) electrons. The molecule has 8 heteroatoms. The Morgan fingerprint density at radius 2 is 1.76 bits per heavy atom. The van der Waals surface area contributed by atoms with Crippen LogP contribution in [-0.2, 0) is 9.53 Å². The highest BCUT2D eigenvalue weighted by atomic mass is 35.5. The van der Waals surface area contributed by atoms with Crippen LogP contribution in [-0.4, -0.2) is 37.5 Å². The molecule has 2 aromatic rings. The normalized spacial score (nSPS) is 10.1. The van der Waals surface area contributed by atoms with Crippen molar-refractivity contribution in [3.05, 3.63) is 59.1 Å². The molecule has 0 saturated carbocycles. The van der Waals surface area contributed by atoms with Crippen LogP contribution in [0, 0.1) is 0 Å². The van der Waals surface area contributed by atoms with Gasteiger partial charge in [0.2, 0.25) is 0 Å². The minimum Gasteiger partial charge on any atom is -0.493 e. The summed E-state index contributed by atoms with van der Waals surface area (Å²) < 4.78 is 15.0. The second-order valence-corrected chi connectivity index (χ2v) is 6.31. The van der Waals surface area contributed by atoms with E-state index in [-0.39, 0.29) is 6.10 Å². The third kappa shape index (κ3) is 9.53. The molecule has 7 nitrogen and oxygen atoms in total. The van der Waals surface area contributed by atoms with Crippen molar-refractivity contribution >= 4 is 35.4 Å². The van der Waals surface area contributed by atoms with Crippen LogP contribution in [0.1, 0.15) is 19.4 Å². The molecule has 2 aromatic carbocycles. The molecule has 0 aliphatic rings. The molecule has 29 heavy (non-hydrogen) atoms. The van der Waals surface area contributed by atoms with Gasteiger partial charge in [0.15, 0.2) is 11.5 Å². The molecule has 0 saturated heterocycles. The highest BCUT2D eigenvalue weighted by Crippen LogP contribution is 2.27. The Bertz CT molecular complexity index is 851. The summed E-state index contributed by atoms with van der Waals surface area (Å²) in [6.07, 6.45) is 1.96. The quantitative estimate of drug-likeness (QED) is 0.630. The summed E-state index contributed by atoms with van der Waals surface area (Å²) in [6.45, 7) is 3.58. The SMILES string of the molecule is CC(C)OC(=O)Nc1cccc(Cl)c1.COc1ccc(C=CC(=O)O)cc1OC. The van der Waals surface area contributed by atoms with Gasteiger partial charge in [-0.05, 0) is 55.8 Å². The smallest absolute Gasteiger partial charge is 0.411 e. The number of carboxylic acid groups (broad SMARTS) is 1. The van der Waals surface area contributed by atoms with Gasteiger partial charge in [0.05, 0.1) is 20.3 Å².